The van der Waals surface area contributed by atoms with E-state index in [0.717, 1.165) is 41.8 Å². The van der Waals surface area contributed by atoms with Gasteiger partial charge in [-0.25, -0.2) is 4.39 Å². The Balaban J connectivity index is 1.82. The van der Waals surface area contributed by atoms with Gasteiger partial charge in [-0.1, -0.05) is 31.9 Å². The van der Waals surface area contributed by atoms with Crippen LogP contribution in [0.25, 0.3) is 0 Å². The average molecular weight is 430 g/mol. The van der Waals surface area contributed by atoms with Crippen molar-refractivity contribution in [1.29, 1.82) is 0 Å². The quantitative estimate of drug-likeness (QED) is 0.429. The lowest BCUT2D eigenvalue weighted by atomic mass is 9.87. The molecule has 3 rings (SSSR count). The molecular weight excluding hydrogens is 393 g/mol. The van der Waals surface area contributed by atoms with Crippen LogP contribution in [0.1, 0.15) is 71.1 Å². The van der Waals surface area contributed by atoms with Crippen LogP contribution in [0.2, 0.25) is 0 Å². The highest BCUT2D eigenvalue weighted by Crippen LogP contribution is 2.44. The minimum Gasteiger partial charge on any atom is -0.485 e. The monoisotopic (exact) mass is 429 g/mol. The molecule has 5 heteroatoms. The van der Waals surface area contributed by atoms with Crippen LogP contribution in [0.5, 0.6) is 5.75 Å². The Kier molecular flexibility index (Phi) is 7.95. The fourth-order valence-electron chi connectivity index (χ4n) is 3.98. The number of rotatable bonds is 10. The molecule has 0 aromatic heterocycles. The first-order chi connectivity index (χ1) is 14.8. The summed E-state index contributed by atoms with van der Waals surface area (Å²) in [7, 11) is 0. The third kappa shape index (κ3) is 6.20. The van der Waals surface area contributed by atoms with Gasteiger partial charge in [0, 0.05) is 24.4 Å². The fourth-order valence-corrected chi connectivity index (χ4v) is 3.98. The van der Waals surface area contributed by atoms with E-state index in [0.29, 0.717) is 13.2 Å². The number of unbranched alkanes of at least 4 members (excludes halogenated alkanes) is 2. The van der Waals surface area contributed by atoms with E-state index < -0.39 is 5.60 Å². The van der Waals surface area contributed by atoms with Gasteiger partial charge in [-0.15, -0.1) is 0 Å². The first kappa shape index (κ1) is 23.6. The molecule has 1 aliphatic rings. The van der Waals surface area contributed by atoms with E-state index in [2.05, 4.69) is 32.2 Å². The van der Waals surface area contributed by atoms with Gasteiger partial charge in [-0.3, -0.25) is 0 Å². The van der Waals surface area contributed by atoms with Crippen LogP contribution in [0.4, 0.5) is 10.1 Å². The molecule has 0 spiro atoms. The Bertz CT molecular complexity index is 852. The molecule has 2 atom stereocenters. The summed E-state index contributed by atoms with van der Waals surface area (Å²) >= 11 is 0. The van der Waals surface area contributed by atoms with Gasteiger partial charge in [0.25, 0.3) is 0 Å². The molecule has 0 saturated carbocycles. The van der Waals surface area contributed by atoms with E-state index >= 15 is 0 Å². The second kappa shape index (κ2) is 10.5. The molecule has 4 nitrogen and oxygen atoms in total. The van der Waals surface area contributed by atoms with Crippen molar-refractivity contribution in [2.24, 2.45) is 0 Å². The molecule has 0 amide bonds. The highest BCUT2D eigenvalue weighted by molar-refractivity contribution is 5.53. The maximum absolute atomic E-state index is 13.5. The second-order valence-electron chi connectivity index (χ2n) is 9.05. The smallest absolute Gasteiger partial charge is 0.132 e. The Morgan fingerprint density at radius 2 is 1.94 bits per heavy atom. The van der Waals surface area contributed by atoms with Crippen molar-refractivity contribution in [2.75, 3.05) is 11.9 Å². The predicted molar refractivity (Wildman–Crippen MR) is 123 cm³/mol. The standard InChI is InChI=1S/C26H36FNO3/c1-6-7-8-14-29-25-24(30-18(2)3)22-16-21(12-13-23(22)31-26(25,4)5)28-17-19-10-9-11-20(27)15-19/h9-13,15-16,18,24-25,28H,6-8,14,17H2,1-5H3. The van der Waals surface area contributed by atoms with Crippen molar-refractivity contribution in [3.63, 3.8) is 0 Å². The van der Waals surface area contributed by atoms with E-state index in [1.807, 2.05) is 32.0 Å². The van der Waals surface area contributed by atoms with E-state index in [1.54, 1.807) is 12.1 Å². The molecule has 1 N–H and O–H groups in total. The Hall–Kier alpha value is -2.11. The molecule has 2 aromatic rings. The number of fused-ring (bicyclic) bond motifs is 1. The molecule has 31 heavy (non-hydrogen) atoms. The molecule has 0 aliphatic carbocycles. The zero-order chi connectivity index (χ0) is 22.4. The molecule has 1 heterocycles. The lowest BCUT2D eigenvalue weighted by Gasteiger charge is -2.45. The molecule has 1 aliphatic heterocycles. The summed E-state index contributed by atoms with van der Waals surface area (Å²) in [6.07, 6.45) is 2.95. The summed E-state index contributed by atoms with van der Waals surface area (Å²) in [5.41, 5.74) is 2.31. The van der Waals surface area contributed by atoms with Gasteiger partial charge < -0.3 is 19.5 Å². The number of benzene rings is 2. The van der Waals surface area contributed by atoms with Gasteiger partial charge in [0.2, 0.25) is 0 Å². The Morgan fingerprint density at radius 3 is 2.65 bits per heavy atom. The highest BCUT2D eigenvalue weighted by Gasteiger charge is 2.46. The molecule has 0 saturated heterocycles. The number of halogens is 1. The van der Waals surface area contributed by atoms with Crippen LogP contribution >= 0.6 is 0 Å². The maximum atomic E-state index is 13.5. The highest BCUT2D eigenvalue weighted by atomic mass is 19.1. The van der Waals surface area contributed by atoms with Crippen LogP contribution in [0.15, 0.2) is 42.5 Å². The van der Waals surface area contributed by atoms with Crippen molar-refractivity contribution in [2.45, 2.75) is 84.3 Å². The van der Waals surface area contributed by atoms with E-state index in [-0.39, 0.29) is 24.1 Å². The topological polar surface area (TPSA) is 39.7 Å². The molecule has 2 aromatic carbocycles. The van der Waals surface area contributed by atoms with Crippen molar-refractivity contribution < 1.29 is 18.6 Å². The van der Waals surface area contributed by atoms with Gasteiger partial charge in [-0.2, -0.15) is 0 Å². The maximum Gasteiger partial charge on any atom is 0.132 e. The summed E-state index contributed by atoms with van der Waals surface area (Å²) < 4.78 is 32.5. The minimum absolute atomic E-state index is 0.0531. The van der Waals surface area contributed by atoms with Gasteiger partial charge in [0.1, 0.15) is 29.4 Å². The lowest BCUT2D eigenvalue weighted by molar-refractivity contribution is -0.173. The Morgan fingerprint density at radius 1 is 1.13 bits per heavy atom. The number of anilines is 1. The number of ether oxygens (including phenoxy) is 3. The Labute approximate surface area is 186 Å². The number of hydrogen-bond donors (Lipinski definition) is 1. The van der Waals surface area contributed by atoms with Crippen molar-refractivity contribution >= 4 is 5.69 Å². The van der Waals surface area contributed by atoms with Crippen LogP contribution in [0, 0.1) is 5.82 Å². The van der Waals surface area contributed by atoms with Crippen LogP contribution in [-0.2, 0) is 16.0 Å². The summed E-state index contributed by atoms with van der Waals surface area (Å²) in [6, 6.07) is 12.7. The third-order valence-corrected chi connectivity index (χ3v) is 5.50. The van der Waals surface area contributed by atoms with Crippen molar-refractivity contribution in [3.8, 4) is 5.75 Å². The SMILES string of the molecule is CCCCCOC1C(OC(C)C)c2cc(NCc3cccc(F)c3)ccc2OC1(C)C. The van der Waals surface area contributed by atoms with Crippen LogP contribution in [-0.4, -0.2) is 24.4 Å². The van der Waals surface area contributed by atoms with E-state index in [9.17, 15) is 4.39 Å². The van der Waals surface area contributed by atoms with Crippen molar-refractivity contribution in [3.05, 3.63) is 59.4 Å². The summed E-state index contributed by atoms with van der Waals surface area (Å²) in [5.74, 6) is 0.592. The zero-order valence-electron chi connectivity index (χ0n) is 19.4. The summed E-state index contributed by atoms with van der Waals surface area (Å²) in [6.45, 7) is 11.6. The molecule has 0 fully saturated rings. The zero-order valence-corrected chi connectivity index (χ0v) is 19.4. The molecule has 0 bridgehead atoms. The summed E-state index contributed by atoms with van der Waals surface area (Å²) in [5, 5.41) is 3.39. The average Bonchev–Trinajstić information content (AvgIpc) is 2.71. The fraction of sp³-hybridized carbons (Fsp3) is 0.538. The third-order valence-electron chi connectivity index (χ3n) is 5.50. The minimum atomic E-state index is -0.505. The van der Waals surface area contributed by atoms with Gasteiger partial charge in [0.15, 0.2) is 0 Å². The van der Waals surface area contributed by atoms with E-state index in [4.69, 9.17) is 14.2 Å². The largest absolute Gasteiger partial charge is 0.485 e. The lowest BCUT2D eigenvalue weighted by Crippen LogP contribution is -2.51. The van der Waals surface area contributed by atoms with Gasteiger partial charge in [-0.05, 0) is 70.0 Å². The molecule has 170 valence electrons. The van der Waals surface area contributed by atoms with E-state index in [1.165, 1.54) is 6.07 Å². The number of hydrogen-bond acceptors (Lipinski definition) is 4. The molecular formula is C26H36FNO3. The first-order valence-electron chi connectivity index (χ1n) is 11.4. The van der Waals surface area contributed by atoms with Crippen LogP contribution in [0.3, 0.4) is 0 Å². The first-order valence-corrected chi connectivity index (χ1v) is 11.4. The number of nitrogens with one attached hydrogen (secondary N) is 1. The van der Waals surface area contributed by atoms with Gasteiger partial charge >= 0.3 is 0 Å². The van der Waals surface area contributed by atoms with Crippen molar-refractivity contribution in [1.82, 2.24) is 0 Å². The van der Waals surface area contributed by atoms with Gasteiger partial charge in [0.05, 0.1) is 6.10 Å². The second-order valence-corrected chi connectivity index (χ2v) is 9.05. The molecule has 0 radical (unpaired) electrons. The summed E-state index contributed by atoms with van der Waals surface area (Å²) in [4.78, 5) is 0. The predicted octanol–water partition coefficient (Wildman–Crippen LogP) is 6.65. The van der Waals surface area contributed by atoms with Crippen LogP contribution < -0.4 is 10.1 Å². The molecule has 2 unspecified atom stereocenters. The normalized spacial score (nSPS) is 19.7.